The standard InChI is InChI=1S/C16H12FNO3/c17-12-6-7-14(15(20)10-12)16(21)18-13-5-1-3-11(9-13)4-2-8-19/h1,3,5-7,9-10,19-20H,8H2,(H,18,21). The van der Waals surface area contributed by atoms with Crippen LogP contribution in [0.3, 0.4) is 0 Å². The van der Waals surface area contributed by atoms with Crippen molar-refractivity contribution in [2.75, 3.05) is 11.9 Å². The summed E-state index contributed by atoms with van der Waals surface area (Å²) >= 11 is 0. The number of phenolic OH excluding ortho intramolecular Hbond substituents is 1. The summed E-state index contributed by atoms with van der Waals surface area (Å²) in [7, 11) is 0. The number of rotatable bonds is 2. The predicted octanol–water partition coefficient (Wildman–Crippen LogP) is 2.13. The third kappa shape index (κ3) is 3.81. The highest BCUT2D eigenvalue weighted by atomic mass is 19.1. The summed E-state index contributed by atoms with van der Waals surface area (Å²) in [5, 5.41) is 20.8. The van der Waals surface area contributed by atoms with Gasteiger partial charge in [0.1, 0.15) is 18.2 Å². The molecule has 0 bridgehead atoms. The zero-order valence-corrected chi connectivity index (χ0v) is 10.9. The second-order valence-electron chi connectivity index (χ2n) is 4.16. The average molecular weight is 285 g/mol. The molecule has 3 N–H and O–H groups in total. The Balaban J connectivity index is 2.19. The van der Waals surface area contributed by atoms with Gasteiger partial charge in [-0.1, -0.05) is 17.9 Å². The van der Waals surface area contributed by atoms with E-state index in [2.05, 4.69) is 17.2 Å². The van der Waals surface area contributed by atoms with E-state index in [0.717, 1.165) is 12.1 Å². The summed E-state index contributed by atoms with van der Waals surface area (Å²) in [6.07, 6.45) is 0. The maximum Gasteiger partial charge on any atom is 0.259 e. The Hall–Kier alpha value is -2.84. The molecule has 0 aliphatic heterocycles. The number of benzene rings is 2. The van der Waals surface area contributed by atoms with Gasteiger partial charge < -0.3 is 15.5 Å². The van der Waals surface area contributed by atoms with Crippen molar-refractivity contribution in [3.63, 3.8) is 0 Å². The lowest BCUT2D eigenvalue weighted by atomic mass is 10.1. The van der Waals surface area contributed by atoms with Crippen LogP contribution >= 0.6 is 0 Å². The molecule has 0 aromatic heterocycles. The quantitative estimate of drug-likeness (QED) is 0.740. The number of hydrogen-bond donors (Lipinski definition) is 3. The van der Waals surface area contributed by atoms with Gasteiger partial charge in [0.2, 0.25) is 0 Å². The lowest BCUT2D eigenvalue weighted by Gasteiger charge is -2.07. The predicted molar refractivity (Wildman–Crippen MR) is 76.4 cm³/mol. The van der Waals surface area contributed by atoms with Crippen molar-refractivity contribution in [3.05, 3.63) is 59.4 Å². The number of amides is 1. The molecule has 0 aliphatic rings. The van der Waals surface area contributed by atoms with Crippen LogP contribution < -0.4 is 5.32 Å². The van der Waals surface area contributed by atoms with E-state index in [1.807, 2.05) is 0 Å². The van der Waals surface area contributed by atoms with Crippen LogP contribution in [-0.4, -0.2) is 22.7 Å². The number of carbonyl (C=O) groups is 1. The summed E-state index contributed by atoms with van der Waals surface area (Å²) < 4.78 is 12.9. The van der Waals surface area contributed by atoms with E-state index in [4.69, 9.17) is 5.11 Å². The van der Waals surface area contributed by atoms with Gasteiger partial charge in [-0.2, -0.15) is 0 Å². The van der Waals surface area contributed by atoms with Crippen LogP contribution in [0.5, 0.6) is 5.75 Å². The fourth-order valence-corrected chi connectivity index (χ4v) is 1.71. The molecule has 0 fully saturated rings. The molecule has 0 aliphatic carbocycles. The lowest BCUT2D eigenvalue weighted by Crippen LogP contribution is -2.12. The van der Waals surface area contributed by atoms with Crippen LogP contribution in [0.4, 0.5) is 10.1 Å². The highest BCUT2D eigenvalue weighted by Gasteiger charge is 2.12. The van der Waals surface area contributed by atoms with Gasteiger partial charge in [0.25, 0.3) is 5.91 Å². The van der Waals surface area contributed by atoms with Crippen LogP contribution in [0.1, 0.15) is 15.9 Å². The van der Waals surface area contributed by atoms with Crippen molar-refractivity contribution in [1.29, 1.82) is 0 Å². The molecule has 106 valence electrons. The normalized spacial score (nSPS) is 9.62. The molecule has 21 heavy (non-hydrogen) atoms. The minimum atomic E-state index is -0.620. The Morgan fingerprint density at radius 2 is 2.05 bits per heavy atom. The molecule has 4 nitrogen and oxygen atoms in total. The lowest BCUT2D eigenvalue weighted by molar-refractivity contribution is 0.102. The first-order chi connectivity index (χ1) is 10.1. The van der Waals surface area contributed by atoms with Crippen LogP contribution in [0, 0.1) is 17.7 Å². The number of phenols is 1. The molecular weight excluding hydrogens is 273 g/mol. The highest BCUT2D eigenvalue weighted by Crippen LogP contribution is 2.20. The Morgan fingerprint density at radius 3 is 2.76 bits per heavy atom. The van der Waals surface area contributed by atoms with Crippen molar-refractivity contribution >= 4 is 11.6 Å². The molecule has 0 saturated carbocycles. The first-order valence-electron chi connectivity index (χ1n) is 6.10. The van der Waals surface area contributed by atoms with Gasteiger partial charge in [-0.15, -0.1) is 0 Å². The van der Waals surface area contributed by atoms with Crippen LogP contribution in [0.2, 0.25) is 0 Å². The number of aliphatic hydroxyl groups excluding tert-OH is 1. The van der Waals surface area contributed by atoms with Gasteiger partial charge in [0, 0.05) is 17.3 Å². The summed E-state index contributed by atoms with van der Waals surface area (Å²) in [5.41, 5.74) is 1.09. The molecule has 0 spiro atoms. The smallest absolute Gasteiger partial charge is 0.259 e. The van der Waals surface area contributed by atoms with E-state index in [1.54, 1.807) is 24.3 Å². The fraction of sp³-hybridized carbons (Fsp3) is 0.0625. The van der Waals surface area contributed by atoms with E-state index in [0.29, 0.717) is 11.3 Å². The molecule has 2 aromatic carbocycles. The van der Waals surface area contributed by atoms with Crippen LogP contribution in [-0.2, 0) is 0 Å². The summed E-state index contributed by atoms with van der Waals surface area (Å²) in [6, 6.07) is 9.88. The topological polar surface area (TPSA) is 69.6 Å². The van der Waals surface area contributed by atoms with Gasteiger partial charge in [-0.3, -0.25) is 4.79 Å². The summed E-state index contributed by atoms with van der Waals surface area (Å²) in [5.74, 6) is 3.62. The Bertz CT molecular complexity index is 732. The first-order valence-corrected chi connectivity index (χ1v) is 6.10. The zero-order valence-electron chi connectivity index (χ0n) is 10.9. The molecule has 0 atom stereocenters. The first kappa shape index (κ1) is 14.6. The Morgan fingerprint density at radius 1 is 1.24 bits per heavy atom. The molecular formula is C16H12FNO3. The number of nitrogens with one attached hydrogen (secondary N) is 1. The SMILES string of the molecule is O=C(Nc1cccc(C#CCO)c1)c1ccc(F)cc1O. The van der Waals surface area contributed by atoms with E-state index in [-0.39, 0.29) is 12.2 Å². The summed E-state index contributed by atoms with van der Waals surface area (Å²) in [6.45, 7) is -0.250. The largest absolute Gasteiger partial charge is 0.507 e. The van der Waals surface area contributed by atoms with Gasteiger partial charge in [-0.25, -0.2) is 4.39 Å². The van der Waals surface area contributed by atoms with Crippen molar-refractivity contribution in [2.24, 2.45) is 0 Å². The molecule has 2 rings (SSSR count). The number of carbonyl (C=O) groups excluding carboxylic acids is 1. The minimum Gasteiger partial charge on any atom is -0.507 e. The minimum absolute atomic E-state index is 0.0248. The molecule has 2 aromatic rings. The van der Waals surface area contributed by atoms with Gasteiger partial charge in [0.15, 0.2) is 0 Å². The molecule has 0 unspecified atom stereocenters. The van der Waals surface area contributed by atoms with Crippen molar-refractivity contribution in [2.45, 2.75) is 0 Å². The maximum atomic E-state index is 12.9. The van der Waals surface area contributed by atoms with Gasteiger partial charge in [0.05, 0.1) is 5.56 Å². The fourth-order valence-electron chi connectivity index (χ4n) is 1.71. The second-order valence-corrected chi connectivity index (χ2v) is 4.16. The molecule has 0 radical (unpaired) electrons. The number of anilines is 1. The number of hydrogen-bond acceptors (Lipinski definition) is 3. The Kier molecular flexibility index (Phi) is 4.54. The van der Waals surface area contributed by atoms with Crippen molar-refractivity contribution in [1.82, 2.24) is 0 Å². The molecule has 5 heteroatoms. The maximum absolute atomic E-state index is 12.9. The average Bonchev–Trinajstić information content (AvgIpc) is 2.45. The summed E-state index contributed by atoms with van der Waals surface area (Å²) in [4.78, 5) is 12.0. The van der Waals surface area contributed by atoms with Crippen LogP contribution in [0.25, 0.3) is 0 Å². The number of aromatic hydroxyl groups is 1. The highest BCUT2D eigenvalue weighted by molar-refractivity contribution is 6.06. The molecule has 1 amide bonds. The second kappa shape index (κ2) is 6.55. The van der Waals surface area contributed by atoms with Gasteiger partial charge in [-0.05, 0) is 30.3 Å². The van der Waals surface area contributed by atoms with Crippen molar-refractivity contribution in [3.8, 4) is 17.6 Å². The monoisotopic (exact) mass is 285 g/mol. The van der Waals surface area contributed by atoms with E-state index < -0.39 is 17.5 Å². The number of halogens is 1. The van der Waals surface area contributed by atoms with E-state index in [9.17, 15) is 14.3 Å². The number of aliphatic hydroxyl groups is 1. The van der Waals surface area contributed by atoms with Gasteiger partial charge >= 0.3 is 0 Å². The molecule has 0 heterocycles. The Labute approximate surface area is 120 Å². The third-order valence-electron chi connectivity index (χ3n) is 2.64. The van der Waals surface area contributed by atoms with Crippen molar-refractivity contribution < 1.29 is 19.4 Å². The third-order valence-corrected chi connectivity index (χ3v) is 2.64. The zero-order chi connectivity index (χ0) is 15.2. The molecule has 0 saturated heterocycles. The van der Waals surface area contributed by atoms with Crippen LogP contribution in [0.15, 0.2) is 42.5 Å². The van der Waals surface area contributed by atoms with E-state index in [1.165, 1.54) is 6.07 Å². The van der Waals surface area contributed by atoms with E-state index >= 15 is 0 Å².